The summed E-state index contributed by atoms with van der Waals surface area (Å²) in [6.45, 7) is 6.24. The van der Waals surface area contributed by atoms with E-state index >= 15 is 0 Å². The van der Waals surface area contributed by atoms with Crippen molar-refractivity contribution in [3.8, 4) is 11.5 Å². The van der Waals surface area contributed by atoms with Crippen LogP contribution in [0, 0.1) is 0 Å². The van der Waals surface area contributed by atoms with Crippen LogP contribution in [0.2, 0.25) is 0 Å². The number of thioether (sulfide) groups is 1. The van der Waals surface area contributed by atoms with Crippen molar-refractivity contribution in [1.82, 2.24) is 14.8 Å². The van der Waals surface area contributed by atoms with Gasteiger partial charge < -0.3 is 24.5 Å². The maximum absolute atomic E-state index is 12.6. The Morgan fingerprint density at radius 1 is 1.09 bits per heavy atom. The van der Waals surface area contributed by atoms with Gasteiger partial charge in [-0.25, -0.2) is 4.79 Å². The summed E-state index contributed by atoms with van der Waals surface area (Å²) in [4.78, 5) is 23.6. The van der Waals surface area contributed by atoms with Crippen LogP contribution in [0.25, 0.3) is 0 Å². The van der Waals surface area contributed by atoms with Gasteiger partial charge in [0.1, 0.15) is 0 Å². The third kappa shape index (κ3) is 5.83. The molecule has 1 heterocycles. The minimum atomic E-state index is -1.02. The summed E-state index contributed by atoms with van der Waals surface area (Å²) >= 11 is 1.29. The lowest BCUT2D eigenvalue weighted by atomic mass is 10.2. The van der Waals surface area contributed by atoms with Crippen molar-refractivity contribution >= 4 is 29.3 Å². The Morgan fingerprint density at radius 3 is 2.36 bits per heavy atom. The zero-order valence-corrected chi connectivity index (χ0v) is 19.6. The fourth-order valence-corrected chi connectivity index (χ4v) is 4.02. The van der Waals surface area contributed by atoms with Crippen LogP contribution in [-0.4, -0.2) is 44.1 Å². The molecule has 2 atom stereocenters. The zero-order chi connectivity index (χ0) is 24.0. The fraction of sp³-hybridized carbons (Fsp3) is 0.304. The van der Waals surface area contributed by atoms with Gasteiger partial charge in [0.15, 0.2) is 28.6 Å². The van der Waals surface area contributed by atoms with Gasteiger partial charge in [-0.15, -0.1) is 10.2 Å². The highest BCUT2D eigenvalue weighted by molar-refractivity contribution is 8.00. The number of aromatic carboxylic acids is 1. The second kappa shape index (κ2) is 10.9. The number of carboxylic acid groups (broad SMARTS) is 1. The predicted molar refractivity (Wildman–Crippen MR) is 125 cm³/mol. The molecule has 2 N–H and O–H groups in total. The monoisotopic (exact) mass is 470 g/mol. The minimum absolute atomic E-state index is 0.156. The SMILES string of the molecule is CCn1c(SC(C)C(=O)Nc2ccc(C(=O)O)cc2)nnc1C(C)Oc1ccccc1OC. The van der Waals surface area contributed by atoms with E-state index in [0.717, 1.165) is 0 Å². The summed E-state index contributed by atoms with van der Waals surface area (Å²) in [6, 6.07) is 13.4. The van der Waals surface area contributed by atoms with Crippen molar-refractivity contribution in [2.24, 2.45) is 0 Å². The van der Waals surface area contributed by atoms with E-state index in [1.165, 1.54) is 23.9 Å². The van der Waals surface area contributed by atoms with Gasteiger partial charge in [-0.1, -0.05) is 23.9 Å². The number of nitrogens with one attached hydrogen (secondary N) is 1. The molecule has 3 aromatic rings. The maximum atomic E-state index is 12.6. The van der Waals surface area contributed by atoms with E-state index in [4.69, 9.17) is 14.6 Å². The number of benzene rings is 2. The third-order valence-corrected chi connectivity index (χ3v) is 5.93. The number of nitrogens with zero attached hydrogens (tertiary/aromatic N) is 3. The number of hydrogen-bond donors (Lipinski definition) is 2. The molecule has 174 valence electrons. The van der Waals surface area contributed by atoms with E-state index in [2.05, 4.69) is 15.5 Å². The molecule has 1 amide bonds. The first kappa shape index (κ1) is 24.1. The van der Waals surface area contributed by atoms with Crippen molar-refractivity contribution in [3.63, 3.8) is 0 Å². The summed E-state index contributed by atoms with van der Waals surface area (Å²) in [7, 11) is 1.59. The third-order valence-electron chi connectivity index (χ3n) is 4.85. The molecule has 2 unspecified atom stereocenters. The number of carboxylic acids is 1. The number of aromatic nitrogens is 3. The van der Waals surface area contributed by atoms with Crippen LogP contribution < -0.4 is 14.8 Å². The highest BCUT2D eigenvalue weighted by atomic mass is 32.2. The molecule has 0 fully saturated rings. The molecule has 0 aliphatic rings. The second-order valence-electron chi connectivity index (χ2n) is 7.13. The first-order valence-electron chi connectivity index (χ1n) is 10.4. The van der Waals surface area contributed by atoms with Gasteiger partial charge in [0, 0.05) is 12.2 Å². The van der Waals surface area contributed by atoms with E-state index in [1.807, 2.05) is 42.7 Å². The number of amides is 1. The highest BCUT2D eigenvalue weighted by Gasteiger charge is 2.23. The van der Waals surface area contributed by atoms with E-state index in [9.17, 15) is 9.59 Å². The van der Waals surface area contributed by atoms with Crippen LogP contribution in [0.1, 0.15) is 43.1 Å². The second-order valence-corrected chi connectivity index (χ2v) is 8.44. The number of anilines is 1. The van der Waals surface area contributed by atoms with Crippen LogP contribution in [0.5, 0.6) is 11.5 Å². The predicted octanol–water partition coefficient (Wildman–Crippen LogP) is 4.26. The van der Waals surface area contributed by atoms with Crippen LogP contribution in [0.3, 0.4) is 0 Å². The number of rotatable bonds is 10. The minimum Gasteiger partial charge on any atom is -0.493 e. The molecule has 0 bridgehead atoms. The van der Waals surface area contributed by atoms with Crippen molar-refractivity contribution < 1.29 is 24.2 Å². The average Bonchev–Trinajstić information content (AvgIpc) is 3.22. The standard InChI is InChI=1S/C23H26N4O5S/c1-5-27-20(14(2)32-19-9-7-6-8-18(19)31-4)25-26-23(27)33-15(3)21(28)24-17-12-10-16(11-13-17)22(29)30/h6-15H,5H2,1-4H3,(H,24,28)(H,29,30). The lowest BCUT2D eigenvalue weighted by Crippen LogP contribution is -2.23. The lowest BCUT2D eigenvalue weighted by molar-refractivity contribution is -0.115. The van der Waals surface area contributed by atoms with Gasteiger partial charge in [-0.05, 0) is 57.2 Å². The van der Waals surface area contributed by atoms with Crippen LogP contribution in [0.15, 0.2) is 53.7 Å². The first-order valence-corrected chi connectivity index (χ1v) is 11.3. The van der Waals surface area contributed by atoms with Gasteiger partial charge in [0.2, 0.25) is 5.91 Å². The van der Waals surface area contributed by atoms with Crippen molar-refractivity contribution in [3.05, 3.63) is 59.9 Å². The summed E-state index contributed by atoms with van der Waals surface area (Å²) < 4.78 is 13.3. The Morgan fingerprint density at radius 2 is 1.76 bits per heavy atom. The Balaban J connectivity index is 1.68. The van der Waals surface area contributed by atoms with Crippen LogP contribution in [-0.2, 0) is 11.3 Å². The molecule has 0 aliphatic heterocycles. The number of carbonyl (C=O) groups excluding carboxylic acids is 1. The van der Waals surface area contributed by atoms with Gasteiger partial charge in [0.25, 0.3) is 0 Å². The van der Waals surface area contributed by atoms with Gasteiger partial charge in [0.05, 0.1) is 17.9 Å². The first-order chi connectivity index (χ1) is 15.8. The molecule has 9 nitrogen and oxygen atoms in total. The smallest absolute Gasteiger partial charge is 0.335 e. The molecular formula is C23H26N4O5S. The van der Waals surface area contributed by atoms with Crippen molar-refractivity contribution in [2.75, 3.05) is 12.4 Å². The molecule has 0 aliphatic carbocycles. The van der Waals surface area contributed by atoms with Crippen LogP contribution >= 0.6 is 11.8 Å². The lowest BCUT2D eigenvalue weighted by Gasteiger charge is -2.18. The maximum Gasteiger partial charge on any atom is 0.335 e. The molecule has 10 heteroatoms. The molecule has 1 aromatic heterocycles. The topological polar surface area (TPSA) is 116 Å². The van der Waals surface area contributed by atoms with E-state index in [0.29, 0.717) is 34.7 Å². The quantitative estimate of drug-likeness (QED) is 0.422. The average molecular weight is 471 g/mol. The fourth-order valence-electron chi connectivity index (χ4n) is 3.10. The Hall–Kier alpha value is -3.53. The Bertz CT molecular complexity index is 1120. The largest absolute Gasteiger partial charge is 0.493 e. The molecule has 2 aromatic carbocycles. The van der Waals surface area contributed by atoms with E-state index < -0.39 is 11.2 Å². The number of methoxy groups -OCH3 is 1. The number of ether oxygens (including phenoxy) is 2. The van der Waals surface area contributed by atoms with Crippen LogP contribution in [0.4, 0.5) is 5.69 Å². The van der Waals surface area contributed by atoms with Crippen molar-refractivity contribution in [1.29, 1.82) is 0 Å². The summed E-state index contributed by atoms with van der Waals surface area (Å²) in [6.07, 6.45) is -0.389. The molecule has 0 saturated heterocycles. The van der Waals surface area contributed by atoms with Gasteiger partial charge in [-0.3, -0.25) is 4.79 Å². The summed E-state index contributed by atoms with van der Waals surface area (Å²) in [5.41, 5.74) is 0.678. The number of hydrogen-bond acceptors (Lipinski definition) is 7. The van der Waals surface area contributed by atoms with Gasteiger partial charge in [-0.2, -0.15) is 0 Å². The normalized spacial score (nSPS) is 12.6. The zero-order valence-electron chi connectivity index (χ0n) is 18.8. The van der Waals surface area contributed by atoms with Gasteiger partial charge >= 0.3 is 5.97 Å². The molecule has 33 heavy (non-hydrogen) atoms. The highest BCUT2D eigenvalue weighted by Crippen LogP contribution is 2.31. The number of para-hydroxylation sites is 2. The van der Waals surface area contributed by atoms with E-state index in [-0.39, 0.29) is 17.6 Å². The molecule has 3 rings (SSSR count). The Kier molecular flexibility index (Phi) is 7.94. The summed E-state index contributed by atoms with van der Waals surface area (Å²) in [5, 5.41) is 20.5. The number of carbonyl (C=O) groups is 2. The molecular weight excluding hydrogens is 444 g/mol. The molecule has 0 spiro atoms. The molecule has 0 saturated carbocycles. The van der Waals surface area contributed by atoms with E-state index in [1.54, 1.807) is 26.2 Å². The Labute approximate surface area is 196 Å². The summed E-state index contributed by atoms with van der Waals surface area (Å²) in [5.74, 6) is 0.629. The van der Waals surface area contributed by atoms with Crippen molar-refractivity contribution in [2.45, 2.75) is 43.8 Å². The molecule has 0 radical (unpaired) electrons.